The van der Waals surface area contributed by atoms with Crippen LogP contribution in [0.4, 0.5) is 0 Å². The molecule has 0 aliphatic heterocycles. The normalized spacial score (nSPS) is 10.0. The number of hydrogen-bond acceptors (Lipinski definition) is 4. The average Bonchev–Trinajstić information content (AvgIpc) is 2.44. The molecule has 1 aromatic rings. The molecule has 3 N–H and O–H groups in total. The fourth-order valence-corrected chi connectivity index (χ4v) is 1.60. The molecule has 0 saturated carbocycles. The van der Waals surface area contributed by atoms with Gasteiger partial charge in [-0.15, -0.1) is 0 Å². The molecule has 108 valence electrons. The number of hydrogen-bond donors (Lipinski definition) is 2. The van der Waals surface area contributed by atoms with Gasteiger partial charge in [0.05, 0.1) is 6.54 Å². The van der Waals surface area contributed by atoms with E-state index in [0.717, 1.165) is 24.9 Å². The first-order chi connectivity index (χ1) is 9.63. The van der Waals surface area contributed by atoms with Gasteiger partial charge in [-0.05, 0) is 45.6 Å². The summed E-state index contributed by atoms with van der Waals surface area (Å²) in [6, 6.07) is 3.45. The van der Waals surface area contributed by atoms with Crippen molar-refractivity contribution in [3.8, 4) is 11.8 Å². The fourth-order valence-electron chi connectivity index (χ4n) is 1.60. The Balaban J connectivity index is 2.36. The minimum Gasteiger partial charge on any atom is -0.351 e. The van der Waals surface area contributed by atoms with Gasteiger partial charge in [0.15, 0.2) is 0 Å². The lowest BCUT2D eigenvalue weighted by molar-refractivity contribution is 0.0948. The minimum atomic E-state index is -0.145. The second kappa shape index (κ2) is 9.08. The zero-order valence-electron chi connectivity index (χ0n) is 12.1. The number of pyridine rings is 1. The molecular formula is C15H22N4O. The van der Waals surface area contributed by atoms with Crippen molar-refractivity contribution in [2.45, 2.75) is 12.8 Å². The van der Waals surface area contributed by atoms with Crippen molar-refractivity contribution in [3.05, 3.63) is 29.6 Å². The van der Waals surface area contributed by atoms with Crippen molar-refractivity contribution in [1.82, 2.24) is 15.2 Å². The Bertz CT molecular complexity index is 471. The maximum absolute atomic E-state index is 11.8. The number of carbonyl (C=O) groups excluding carboxylic acids is 1. The van der Waals surface area contributed by atoms with E-state index < -0.39 is 0 Å². The highest BCUT2D eigenvalue weighted by atomic mass is 16.1. The summed E-state index contributed by atoms with van der Waals surface area (Å²) in [5.74, 6) is 5.47. The largest absolute Gasteiger partial charge is 0.351 e. The first kappa shape index (κ1) is 16.2. The summed E-state index contributed by atoms with van der Waals surface area (Å²) >= 11 is 0. The molecule has 0 bridgehead atoms. The lowest BCUT2D eigenvalue weighted by Gasteiger charge is -2.09. The Hall–Kier alpha value is -1.90. The molecular weight excluding hydrogens is 252 g/mol. The molecule has 0 spiro atoms. The number of aromatic nitrogens is 1. The Morgan fingerprint density at radius 2 is 2.20 bits per heavy atom. The van der Waals surface area contributed by atoms with Crippen LogP contribution in [-0.2, 0) is 0 Å². The van der Waals surface area contributed by atoms with E-state index in [0.29, 0.717) is 18.8 Å². The molecule has 20 heavy (non-hydrogen) atoms. The Morgan fingerprint density at radius 1 is 1.40 bits per heavy atom. The number of carbonyl (C=O) groups is 1. The SMILES string of the molecule is CN(C)CCCCNC(=O)c1ccc(C#CCN)cn1. The smallest absolute Gasteiger partial charge is 0.269 e. The molecule has 1 rings (SSSR count). The van der Waals surface area contributed by atoms with Crippen molar-refractivity contribution in [2.75, 3.05) is 33.7 Å². The van der Waals surface area contributed by atoms with Crippen molar-refractivity contribution < 1.29 is 4.79 Å². The molecule has 0 unspecified atom stereocenters. The molecule has 0 aromatic carbocycles. The average molecular weight is 274 g/mol. The van der Waals surface area contributed by atoms with Gasteiger partial charge in [-0.1, -0.05) is 11.8 Å². The van der Waals surface area contributed by atoms with Crippen LogP contribution in [0, 0.1) is 11.8 Å². The number of nitrogens with one attached hydrogen (secondary N) is 1. The number of rotatable bonds is 6. The molecule has 5 nitrogen and oxygen atoms in total. The van der Waals surface area contributed by atoms with E-state index in [1.165, 1.54) is 0 Å². The molecule has 0 aliphatic carbocycles. The van der Waals surface area contributed by atoms with Crippen LogP contribution in [0.25, 0.3) is 0 Å². The first-order valence-corrected chi connectivity index (χ1v) is 6.71. The minimum absolute atomic E-state index is 0.145. The van der Waals surface area contributed by atoms with Gasteiger partial charge < -0.3 is 16.0 Å². The highest BCUT2D eigenvalue weighted by Crippen LogP contribution is 1.99. The molecule has 0 atom stereocenters. The van der Waals surface area contributed by atoms with Crippen molar-refractivity contribution in [1.29, 1.82) is 0 Å². The van der Waals surface area contributed by atoms with Crippen LogP contribution >= 0.6 is 0 Å². The third kappa shape index (κ3) is 6.32. The van der Waals surface area contributed by atoms with Crippen molar-refractivity contribution in [2.24, 2.45) is 5.73 Å². The monoisotopic (exact) mass is 274 g/mol. The maximum Gasteiger partial charge on any atom is 0.269 e. The van der Waals surface area contributed by atoms with E-state index in [1.807, 2.05) is 14.1 Å². The van der Waals surface area contributed by atoms with Gasteiger partial charge >= 0.3 is 0 Å². The highest BCUT2D eigenvalue weighted by molar-refractivity contribution is 5.92. The van der Waals surface area contributed by atoms with Crippen molar-refractivity contribution >= 4 is 5.91 Å². The van der Waals surface area contributed by atoms with Crippen LogP contribution in [-0.4, -0.2) is 49.5 Å². The Kier molecular flexibility index (Phi) is 7.33. The van der Waals surface area contributed by atoms with Gasteiger partial charge in [-0.25, -0.2) is 4.98 Å². The quantitative estimate of drug-likeness (QED) is 0.584. The summed E-state index contributed by atoms with van der Waals surface area (Å²) in [5.41, 5.74) is 6.47. The van der Waals surface area contributed by atoms with Gasteiger partial charge in [0.2, 0.25) is 0 Å². The van der Waals surface area contributed by atoms with E-state index in [-0.39, 0.29) is 5.91 Å². The van der Waals surface area contributed by atoms with Gasteiger partial charge in [-0.3, -0.25) is 4.79 Å². The molecule has 0 aliphatic rings. The summed E-state index contributed by atoms with van der Waals surface area (Å²) in [4.78, 5) is 18.1. The van der Waals surface area contributed by atoms with E-state index in [9.17, 15) is 4.79 Å². The zero-order valence-corrected chi connectivity index (χ0v) is 12.1. The lowest BCUT2D eigenvalue weighted by atomic mass is 10.2. The summed E-state index contributed by atoms with van der Waals surface area (Å²) in [5, 5.41) is 2.86. The van der Waals surface area contributed by atoms with Crippen molar-refractivity contribution in [3.63, 3.8) is 0 Å². The first-order valence-electron chi connectivity index (χ1n) is 6.71. The predicted molar refractivity (Wildman–Crippen MR) is 80.3 cm³/mol. The predicted octanol–water partition coefficient (Wildman–Crippen LogP) is 0.463. The Morgan fingerprint density at radius 3 is 2.80 bits per heavy atom. The molecule has 0 fully saturated rings. The van der Waals surface area contributed by atoms with Gasteiger partial charge in [-0.2, -0.15) is 0 Å². The second-order valence-electron chi connectivity index (χ2n) is 4.70. The molecule has 0 saturated heterocycles. The van der Waals surface area contributed by atoms with Crippen LogP contribution in [0.2, 0.25) is 0 Å². The van der Waals surface area contributed by atoms with E-state index in [4.69, 9.17) is 5.73 Å². The summed E-state index contributed by atoms with van der Waals surface area (Å²) in [6.07, 6.45) is 3.61. The van der Waals surface area contributed by atoms with E-state index >= 15 is 0 Å². The molecule has 1 heterocycles. The van der Waals surface area contributed by atoms with E-state index in [2.05, 4.69) is 27.0 Å². The fraction of sp³-hybridized carbons (Fsp3) is 0.467. The third-order valence-corrected chi connectivity index (χ3v) is 2.65. The molecule has 1 aromatic heterocycles. The summed E-state index contributed by atoms with van der Waals surface area (Å²) < 4.78 is 0. The number of nitrogens with two attached hydrogens (primary N) is 1. The summed E-state index contributed by atoms with van der Waals surface area (Å²) in [6.45, 7) is 2.01. The lowest BCUT2D eigenvalue weighted by Crippen LogP contribution is -2.26. The molecule has 1 amide bonds. The van der Waals surface area contributed by atoms with Gasteiger partial charge in [0.25, 0.3) is 5.91 Å². The van der Waals surface area contributed by atoms with Crippen LogP contribution < -0.4 is 11.1 Å². The standard InChI is InChI=1S/C15H22N4O/c1-19(2)11-4-3-10-17-15(20)14-8-7-13(12-18-14)6-5-9-16/h7-8,12H,3-4,9-11,16H2,1-2H3,(H,17,20). The number of amides is 1. The van der Waals surface area contributed by atoms with Crippen LogP contribution in [0.1, 0.15) is 28.9 Å². The Labute approximate surface area is 120 Å². The topological polar surface area (TPSA) is 71.2 Å². The zero-order chi connectivity index (χ0) is 14.8. The highest BCUT2D eigenvalue weighted by Gasteiger charge is 2.05. The second-order valence-corrected chi connectivity index (χ2v) is 4.70. The van der Waals surface area contributed by atoms with Gasteiger partial charge in [0.1, 0.15) is 5.69 Å². The van der Waals surface area contributed by atoms with E-state index in [1.54, 1.807) is 18.3 Å². The van der Waals surface area contributed by atoms with Gasteiger partial charge in [0, 0.05) is 18.3 Å². The van der Waals surface area contributed by atoms with Crippen LogP contribution in [0.3, 0.4) is 0 Å². The number of nitrogens with zero attached hydrogens (tertiary/aromatic N) is 2. The molecule has 0 radical (unpaired) electrons. The molecule has 5 heteroatoms. The maximum atomic E-state index is 11.8. The third-order valence-electron chi connectivity index (χ3n) is 2.65. The van der Waals surface area contributed by atoms with Crippen LogP contribution in [0.15, 0.2) is 18.3 Å². The van der Waals surface area contributed by atoms with Crippen LogP contribution in [0.5, 0.6) is 0 Å². The summed E-state index contributed by atoms with van der Waals surface area (Å²) in [7, 11) is 4.08. The number of unbranched alkanes of at least 4 members (excludes halogenated alkanes) is 1.